The first-order valence-electron chi connectivity index (χ1n) is 8.59. The van der Waals surface area contributed by atoms with Gasteiger partial charge in [-0.15, -0.1) is 0 Å². The minimum absolute atomic E-state index is 0.00108. The SMILES string of the molecule is CNC(=O)[C@]12CCOC[C@H]1CN(C(=O)c1n[nH]c3ccc(C)cc13)C2. The average molecular weight is 342 g/mol. The molecule has 0 aliphatic carbocycles. The number of likely N-dealkylation sites (tertiary alicyclic amines) is 1. The van der Waals surface area contributed by atoms with Crippen LogP contribution in [0.25, 0.3) is 10.9 Å². The summed E-state index contributed by atoms with van der Waals surface area (Å²) in [5.74, 6) is -0.106. The maximum atomic E-state index is 13.1. The van der Waals surface area contributed by atoms with Crippen molar-refractivity contribution in [3.05, 3.63) is 29.5 Å². The van der Waals surface area contributed by atoms with Crippen molar-refractivity contribution in [2.75, 3.05) is 33.4 Å². The molecule has 2 aromatic rings. The lowest BCUT2D eigenvalue weighted by molar-refractivity contribution is -0.138. The number of rotatable bonds is 2. The summed E-state index contributed by atoms with van der Waals surface area (Å²) in [5, 5.41) is 10.8. The van der Waals surface area contributed by atoms with Crippen molar-refractivity contribution in [3.63, 3.8) is 0 Å². The number of nitrogens with one attached hydrogen (secondary N) is 2. The van der Waals surface area contributed by atoms with E-state index in [0.29, 0.717) is 38.4 Å². The fourth-order valence-electron chi connectivity index (χ4n) is 4.17. The molecule has 2 amide bonds. The molecule has 2 atom stereocenters. The normalized spacial score (nSPS) is 25.8. The topological polar surface area (TPSA) is 87.3 Å². The fraction of sp³-hybridized carbons (Fsp3) is 0.500. The van der Waals surface area contributed by atoms with Crippen molar-refractivity contribution in [2.24, 2.45) is 11.3 Å². The molecule has 0 unspecified atom stereocenters. The van der Waals surface area contributed by atoms with Crippen molar-refractivity contribution in [1.29, 1.82) is 0 Å². The second-order valence-electron chi connectivity index (χ2n) is 7.06. The number of aromatic amines is 1. The minimum Gasteiger partial charge on any atom is -0.381 e. The van der Waals surface area contributed by atoms with E-state index in [2.05, 4.69) is 15.5 Å². The van der Waals surface area contributed by atoms with Gasteiger partial charge in [0.15, 0.2) is 5.69 Å². The van der Waals surface area contributed by atoms with Crippen molar-refractivity contribution >= 4 is 22.7 Å². The van der Waals surface area contributed by atoms with E-state index >= 15 is 0 Å². The Morgan fingerprint density at radius 3 is 3.08 bits per heavy atom. The number of aryl methyl sites for hydroxylation is 1. The van der Waals surface area contributed by atoms with Crippen LogP contribution in [0.2, 0.25) is 0 Å². The Hall–Kier alpha value is -2.41. The Kier molecular flexibility index (Phi) is 3.76. The Morgan fingerprint density at radius 1 is 1.44 bits per heavy atom. The molecule has 2 aliphatic rings. The van der Waals surface area contributed by atoms with Gasteiger partial charge in [0, 0.05) is 38.0 Å². The molecule has 2 aliphatic heterocycles. The molecule has 2 fully saturated rings. The Labute approximate surface area is 145 Å². The quantitative estimate of drug-likeness (QED) is 0.855. The zero-order valence-electron chi connectivity index (χ0n) is 14.5. The molecule has 25 heavy (non-hydrogen) atoms. The predicted molar refractivity (Wildman–Crippen MR) is 92.2 cm³/mol. The van der Waals surface area contributed by atoms with Crippen molar-refractivity contribution in [3.8, 4) is 0 Å². The van der Waals surface area contributed by atoms with E-state index in [9.17, 15) is 9.59 Å². The molecule has 7 nitrogen and oxygen atoms in total. The zero-order chi connectivity index (χ0) is 17.6. The lowest BCUT2D eigenvalue weighted by Crippen LogP contribution is -2.49. The number of carbonyl (C=O) groups is 2. The monoisotopic (exact) mass is 342 g/mol. The molecule has 132 valence electrons. The number of H-pyrrole nitrogens is 1. The second-order valence-corrected chi connectivity index (χ2v) is 7.06. The fourth-order valence-corrected chi connectivity index (χ4v) is 4.17. The number of carbonyl (C=O) groups excluding carboxylic acids is 2. The molecule has 1 aromatic heterocycles. The van der Waals surface area contributed by atoms with Gasteiger partial charge in [-0.3, -0.25) is 14.7 Å². The lowest BCUT2D eigenvalue weighted by atomic mass is 9.73. The molecular formula is C18H22N4O3. The van der Waals surface area contributed by atoms with E-state index in [1.165, 1.54) is 0 Å². The summed E-state index contributed by atoms with van der Waals surface area (Å²) in [6.07, 6.45) is 0.640. The third kappa shape index (κ3) is 2.41. The largest absolute Gasteiger partial charge is 0.381 e. The summed E-state index contributed by atoms with van der Waals surface area (Å²) in [6.45, 7) is 3.99. The van der Waals surface area contributed by atoms with Gasteiger partial charge in [-0.05, 0) is 25.5 Å². The number of ether oxygens (including phenoxy) is 1. The van der Waals surface area contributed by atoms with Gasteiger partial charge in [0.1, 0.15) is 0 Å². The van der Waals surface area contributed by atoms with Crippen LogP contribution in [-0.4, -0.2) is 60.3 Å². The lowest BCUT2D eigenvalue weighted by Gasteiger charge is -2.36. The number of hydrogen-bond acceptors (Lipinski definition) is 4. The van der Waals surface area contributed by atoms with Gasteiger partial charge in [-0.1, -0.05) is 11.6 Å². The zero-order valence-corrected chi connectivity index (χ0v) is 14.5. The summed E-state index contributed by atoms with van der Waals surface area (Å²) < 4.78 is 5.57. The highest BCUT2D eigenvalue weighted by Gasteiger charge is 2.54. The molecule has 0 saturated carbocycles. The van der Waals surface area contributed by atoms with Crippen LogP contribution < -0.4 is 5.32 Å². The first-order valence-corrected chi connectivity index (χ1v) is 8.59. The summed E-state index contributed by atoms with van der Waals surface area (Å²) in [5.41, 5.74) is 1.79. The van der Waals surface area contributed by atoms with Gasteiger partial charge in [0.2, 0.25) is 5.91 Å². The predicted octanol–water partition coefficient (Wildman–Crippen LogP) is 1.10. The van der Waals surface area contributed by atoms with Crippen LogP contribution in [0.1, 0.15) is 22.5 Å². The number of fused-ring (bicyclic) bond motifs is 2. The highest BCUT2D eigenvalue weighted by Crippen LogP contribution is 2.43. The number of hydrogen-bond donors (Lipinski definition) is 2. The summed E-state index contributed by atoms with van der Waals surface area (Å²) >= 11 is 0. The average Bonchev–Trinajstić information content (AvgIpc) is 3.22. The molecular weight excluding hydrogens is 320 g/mol. The standard InChI is InChI=1S/C18H22N4O3/c1-11-3-4-14-13(7-11)15(21-20-14)16(23)22-8-12-9-25-6-5-18(12,10-22)17(24)19-2/h3-4,7,12H,5-6,8-10H2,1-2H3,(H,19,24)(H,20,21)/t12-,18+/m1/s1. The maximum Gasteiger partial charge on any atom is 0.275 e. The highest BCUT2D eigenvalue weighted by atomic mass is 16.5. The molecule has 0 bridgehead atoms. The van der Waals surface area contributed by atoms with Crippen molar-refractivity contribution in [1.82, 2.24) is 20.4 Å². The van der Waals surface area contributed by atoms with E-state index < -0.39 is 5.41 Å². The van der Waals surface area contributed by atoms with E-state index in [-0.39, 0.29) is 17.7 Å². The number of nitrogens with zero attached hydrogens (tertiary/aromatic N) is 2. The van der Waals surface area contributed by atoms with Crippen LogP contribution in [-0.2, 0) is 9.53 Å². The number of benzene rings is 1. The van der Waals surface area contributed by atoms with Crippen molar-refractivity contribution < 1.29 is 14.3 Å². The molecule has 4 rings (SSSR count). The number of amides is 2. The molecule has 3 heterocycles. The van der Waals surface area contributed by atoms with Gasteiger partial charge >= 0.3 is 0 Å². The van der Waals surface area contributed by atoms with Gasteiger partial charge in [-0.2, -0.15) is 5.10 Å². The molecule has 2 N–H and O–H groups in total. The Morgan fingerprint density at radius 2 is 2.28 bits per heavy atom. The summed E-state index contributed by atoms with van der Waals surface area (Å²) in [7, 11) is 1.65. The first-order chi connectivity index (χ1) is 12.0. The van der Waals surface area contributed by atoms with Crippen LogP contribution in [0, 0.1) is 18.3 Å². The molecule has 0 radical (unpaired) electrons. The van der Waals surface area contributed by atoms with Crippen LogP contribution in [0.3, 0.4) is 0 Å². The molecule has 1 aromatic carbocycles. The van der Waals surface area contributed by atoms with E-state index in [1.54, 1.807) is 11.9 Å². The molecule has 0 spiro atoms. The molecule has 7 heteroatoms. The third-order valence-corrected chi connectivity index (χ3v) is 5.59. The van der Waals surface area contributed by atoms with Gasteiger partial charge in [-0.25, -0.2) is 0 Å². The Balaban J connectivity index is 1.67. The van der Waals surface area contributed by atoms with Gasteiger partial charge in [0.25, 0.3) is 5.91 Å². The highest BCUT2D eigenvalue weighted by molar-refractivity contribution is 6.05. The van der Waals surface area contributed by atoms with Crippen LogP contribution >= 0.6 is 0 Å². The summed E-state index contributed by atoms with van der Waals surface area (Å²) in [6, 6.07) is 5.88. The van der Waals surface area contributed by atoms with Crippen molar-refractivity contribution in [2.45, 2.75) is 13.3 Å². The Bertz CT molecular complexity index is 846. The van der Waals surface area contributed by atoms with Crippen LogP contribution in [0.15, 0.2) is 18.2 Å². The second kappa shape index (κ2) is 5.84. The minimum atomic E-state index is -0.551. The van der Waals surface area contributed by atoms with E-state index in [1.807, 2.05) is 25.1 Å². The van der Waals surface area contributed by atoms with E-state index in [0.717, 1.165) is 16.5 Å². The van der Waals surface area contributed by atoms with Gasteiger partial charge in [0.05, 0.1) is 17.5 Å². The smallest absolute Gasteiger partial charge is 0.275 e. The molecule has 2 saturated heterocycles. The van der Waals surface area contributed by atoms with E-state index in [4.69, 9.17) is 4.74 Å². The first kappa shape index (κ1) is 16.1. The van der Waals surface area contributed by atoms with Crippen LogP contribution in [0.4, 0.5) is 0 Å². The number of aromatic nitrogens is 2. The van der Waals surface area contributed by atoms with Gasteiger partial charge < -0.3 is 15.0 Å². The van der Waals surface area contributed by atoms with Crippen LogP contribution in [0.5, 0.6) is 0 Å². The maximum absolute atomic E-state index is 13.1. The third-order valence-electron chi connectivity index (χ3n) is 5.59. The summed E-state index contributed by atoms with van der Waals surface area (Å²) in [4.78, 5) is 27.4.